The van der Waals surface area contributed by atoms with Crippen LogP contribution in [0.15, 0.2) is 36.1 Å². The fourth-order valence-corrected chi connectivity index (χ4v) is 3.87. The van der Waals surface area contributed by atoms with E-state index in [9.17, 15) is 9.90 Å². The number of hydrogen-bond donors (Lipinski definition) is 3. The van der Waals surface area contributed by atoms with Crippen molar-refractivity contribution in [3.63, 3.8) is 0 Å². The molecule has 0 saturated carbocycles. The Morgan fingerprint density at radius 2 is 2.17 bits per heavy atom. The lowest BCUT2D eigenvalue weighted by molar-refractivity contribution is -0.175. The van der Waals surface area contributed by atoms with Crippen molar-refractivity contribution in [2.45, 2.75) is 46.4 Å². The van der Waals surface area contributed by atoms with Crippen LogP contribution in [0.2, 0.25) is 0 Å². The van der Waals surface area contributed by atoms with Crippen LogP contribution in [0, 0.1) is 17.8 Å². The molecule has 0 radical (unpaired) electrons. The molecule has 7 nitrogen and oxygen atoms in total. The predicted octanol–water partition coefficient (Wildman–Crippen LogP) is 3.12. The first-order valence-electron chi connectivity index (χ1n) is 10.4. The van der Waals surface area contributed by atoms with Crippen LogP contribution in [-0.4, -0.2) is 40.5 Å². The van der Waals surface area contributed by atoms with Gasteiger partial charge in [-0.3, -0.25) is 4.79 Å². The number of imidazole rings is 1. The lowest BCUT2D eigenvalue weighted by Crippen LogP contribution is -2.41. The maximum absolute atomic E-state index is 12.8. The summed E-state index contributed by atoms with van der Waals surface area (Å²) in [5.74, 6) is 1.27. The number of nitrogens with one attached hydrogen (secondary N) is 2. The number of nitrogens with zero attached hydrogens (tertiary/aromatic N) is 1. The fourth-order valence-electron chi connectivity index (χ4n) is 3.87. The summed E-state index contributed by atoms with van der Waals surface area (Å²) in [4.78, 5) is 20.5. The standard InChI is InChI=1S/C22H31N3O4/c1-4-28-22-15(8-7-11-26)16(14(2)3)12-19(29-22)21(27)23-13-20-24-17-9-5-6-10-18(17)25-20/h5-6,9-10,12,14-16,22,26H,4,7-8,11,13H2,1-3H3,(H,23,27)(H,24,25). The first kappa shape index (κ1) is 21.3. The minimum atomic E-state index is -0.490. The number of aliphatic hydroxyl groups excluding tert-OH is 1. The molecule has 1 aromatic carbocycles. The van der Waals surface area contributed by atoms with Crippen molar-refractivity contribution >= 4 is 16.9 Å². The monoisotopic (exact) mass is 401 g/mol. The van der Waals surface area contributed by atoms with Gasteiger partial charge in [0.15, 0.2) is 5.76 Å². The van der Waals surface area contributed by atoms with Crippen molar-refractivity contribution in [2.75, 3.05) is 13.2 Å². The molecule has 3 N–H and O–H groups in total. The number of carbonyl (C=O) groups is 1. The third kappa shape index (κ3) is 5.16. The molecule has 29 heavy (non-hydrogen) atoms. The Morgan fingerprint density at radius 3 is 2.86 bits per heavy atom. The van der Waals surface area contributed by atoms with Gasteiger partial charge in [-0.15, -0.1) is 0 Å². The Kier molecular flexibility index (Phi) is 7.28. The Balaban J connectivity index is 1.71. The lowest BCUT2D eigenvalue weighted by atomic mass is 9.78. The van der Waals surface area contributed by atoms with Gasteiger partial charge in [0, 0.05) is 19.1 Å². The molecule has 0 spiro atoms. The van der Waals surface area contributed by atoms with E-state index in [2.05, 4.69) is 29.1 Å². The third-order valence-electron chi connectivity index (χ3n) is 5.31. The topological polar surface area (TPSA) is 96.5 Å². The molecule has 1 aliphatic heterocycles. The third-order valence-corrected chi connectivity index (χ3v) is 5.31. The number of hydrogen-bond acceptors (Lipinski definition) is 5. The zero-order valence-electron chi connectivity index (χ0n) is 17.4. The van der Waals surface area contributed by atoms with E-state index < -0.39 is 6.29 Å². The first-order chi connectivity index (χ1) is 14.0. The van der Waals surface area contributed by atoms with Gasteiger partial charge in [-0.1, -0.05) is 26.0 Å². The molecule has 3 rings (SSSR count). The van der Waals surface area contributed by atoms with Crippen LogP contribution in [0.25, 0.3) is 11.0 Å². The molecule has 0 saturated heterocycles. The van der Waals surface area contributed by atoms with Gasteiger partial charge in [-0.2, -0.15) is 0 Å². The average molecular weight is 402 g/mol. The molecular weight excluding hydrogens is 370 g/mol. The molecule has 0 bridgehead atoms. The van der Waals surface area contributed by atoms with Gasteiger partial charge in [0.05, 0.1) is 17.6 Å². The molecule has 1 aliphatic rings. The van der Waals surface area contributed by atoms with Crippen molar-refractivity contribution in [3.8, 4) is 0 Å². The molecule has 158 valence electrons. The van der Waals surface area contributed by atoms with Crippen molar-refractivity contribution in [1.29, 1.82) is 0 Å². The largest absolute Gasteiger partial charge is 0.459 e. The Morgan fingerprint density at radius 1 is 1.38 bits per heavy atom. The molecule has 1 amide bonds. The molecular formula is C22H31N3O4. The van der Waals surface area contributed by atoms with Gasteiger partial charge in [-0.25, -0.2) is 4.98 Å². The molecule has 0 aliphatic carbocycles. The second-order valence-electron chi connectivity index (χ2n) is 7.71. The van der Waals surface area contributed by atoms with Gasteiger partial charge in [0.1, 0.15) is 5.82 Å². The normalized spacial score (nSPS) is 21.8. The average Bonchev–Trinajstić information content (AvgIpc) is 3.13. The highest BCUT2D eigenvalue weighted by molar-refractivity contribution is 5.91. The number of para-hydroxylation sites is 2. The number of benzene rings is 1. The molecule has 0 fully saturated rings. The number of ether oxygens (including phenoxy) is 2. The molecule has 2 heterocycles. The van der Waals surface area contributed by atoms with Gasteiger partial charge >= 0.3 is 0 Å². The zero-order chi connectivity index (χ0) is 20.8. The van der Waals surface area contributed by atoms with Crippen LogP contribution >= 0.6 is 0 Å². The number of aromatic nitrogens is 2. The van der Waals surface area contributed by atoms with E-state index in [0.717, 1.165) is 17.5 Å². The summed E-state index contributed by atoms with van der Waals surface area (Å²) in [6.07, 6.45) is 2.89. The van der Waals surface area contributed by atoms with Crippen molar-refractivity contribution in [1.82, 2.24) is 15.3 Å². The van der Waals surface area contributed by atoms with Gasteiger partial charge in [-0.05, 0) is 49.8 Å². The fraction of sp³-hybridized carbons (Fsp3) is 0.545. The number of aliphatic hydroxyl groups is 1. The van der Waals surface area contributed by atoms with Crippen LogP contribution < -0.4 is 5.32 Å². The SMILES string of the molecule is CCOC1OC(C(=O)NCc2nc3ccccc3[nH]2)=CC(C(C)C)C1CCCO. The highest BCUT2D eigenvalue weighted by atomic mass is 16.7. The quantitative estimate of drug-likeness (QED) is 0.600. The van der Waals surface area contributed by atoms with E-state index >= 15 is 0 Å². The number of allylic oxidation sites excluding steroid dienone is 1. The van der Waals surface area contributed by atoms with Crippen LogP contribution in [-0.2, 0) is 20.8 Å². The summed E-state index contributed by atoms with van der Waals surface area (Å²) in [6, 6.07) is 7.75. The highest BCUT2D eigenvalue weighted by Crippen LogP contribution is 2.37. The minimum Gasteiger partial charge on any atom is -0.459 e. The number of carbonyl (C=O) groups excluding carboxylic acids is 1. The van der Waals surface area contributed by atoms with E-state index in [0.29, 0.717) is 30.5 Å². The number of fused-ring (bicyclic) bond motifs is 1. The van der Waals surface area contributed by atoms with Gasteiger partial charge in [0.2, 0.25) is 6.29 Å². The Hall–Kier alpha value is -2.38. The minimum absolute atomic E-state index is 0.106. The van der Waals surface area contributed by atoms with Crippen LogP contribution in [0.1, 0.15) is 39.4 Å². The summed E-state index contributed by atoms with van der Waals surface area (Å²) < 4.78 is 11.8. The second-order valence-corrected chi connectivity index (χ2v) is 7.71. The molecule has 2 aromatic rings. The number of rotatable bonds is 9. The number of H-pyrrole nitrogens is 1. The Labute approximate surface area is 171 Å². The molecule has 3 unspecified atom stereocenters. The number of amides is 1. The first-order valence-corrected chi connectivity index (χ1v) is 10.4. The summed E-state index contributed by atoms with van der Waals surface area (Å²) in [5, 5.41) is 12.1. The smallest absolute Gasteiger partial charge is 0.286 e. The zero-order valence-corrected chi connectivity index (χ0v) is 17.4. The highest BCUT2D eigenvalue weighted by Gasteiger charge is 2.38. The van der Waals surface area contributed by atoms with Crippen LogP contribution in [0.4, 0.5) is 0 Å². The molecule has 1 aromatic heterocycles. The van der Waals surface area contributed by atoms with Crippen LogP contribution in [0.3, 0.4) is 0 Å². The summed E-state index contributed by atoms with van der Waals surface area (Å²) in [7, 11) is 0. The van der Waals surface area contributed by atoms with E-state index in [1.807, 2.05) is 37.3 Å². The second kappa shape index (κ2) is 9.89. The van der Waals surface area contributed by atoms with Gasteiger partial charge < -0.3 is 24.9 Å². The molecule has 3 atom stereocenters. The van der Waals surface area contributed by atoms with E-state index in [-0.39, 0.29) is 30.9 Å². The summed E-state index contributed by atoms with van der Waals surface area (Å²) in [5.41, 5.74) is 1.81. The summed E-state index contributed by atoms with van der Waals surface area (Å²) >= 11 is 0. The lowest BCUT2D eigenvalue weighted by Gasteiger charge is -2.38. The Bertz CT molecular complexity index is 812. The van der Waals surface area contributed by atoms with E-state index in [4.69, 9.17) is 9.47 Å². The number of aromatic amines is 1. The van der Waals surface area contributed by atoms with Gasteiger partial charge in [0.25, 0.3) is 5.91 Å². The van der Waals surface area contributed by atoms with Crippen LogP contribution in [0.5, 0.6) is 0 Å². The van der Waals surface area contributed by atoms with E-state index in [1.165, 1.54) is 0 Å². The van der Waals surface area contributed by atoms with Crippen molar-refractivity contribution in [2.24, 2.45) is 17.8 Å². The summed E-state index contributed by atoms with van der Waals surface area (Å²) in [6.45, 7) is 7.09. The van der Waals surface area contributed by atoms with E-state index in [1.54, 1.807) is 0 Å². The van der Waals surface area contributed by atoms with Crippen molar-refractivity contribution < 1.29 is 19.4 Å². The van der Waals surface area contributed by atoms with Crippen molar-refractivity contribution in [3.05, 3.63) is 41.9 Å². The molecule has 7 heteroatoms. The predicted molar refractivity (Wildman–Crippen MR) is 111 cm³/mol. The maximum Gasteiger partial charge on any atom is 0.286 e. The maximum atomic E-state index is 12.8.